The number of hydrogen-bond acceptors (Lipinski definition) is 4. The molecular formula is C41H82N2O4. The maximum Gasteiger partial charge on any atom is 0.407 e. The predicted octanol–water partition coefficient (Wildman–Crippen LogP) is 13.4. The maximum atomic E-state index is 12.4. The van der Waals surface area contributed by atoms with Gasteiger partial charge in [0.15, 0.2) is 0 Å². The van der Waals surface area contributed by atoms with E-state index in [0.29, 0.717) is 19.5 Å². The number of nitrogens with one attached hydrogen (secondary N) is 2. The molecule has 1 unspecified atom stereocenters. The molecule has 0 heterocycles. The summed E-state index contributed by atoms with van der Waals surface area (Å²) in [7, 11) is 0. The van der Waals surface area contributed by atoms with Crippen LogP contribution in [0.5, 0.6) is 0 Å². The first-order valence-corrected chi connectivity index (χ1v) is 21.0. The molecule has 6 heteroatoms. The lowest BCUT2D eigenvalue weighted by molar-refractivity contribution is 0.0388. The van der Waals surface area contributed by atoms with Gasteiger partial charge in [0.2, 0.25) is 0 Å². The highest BCUT2D eigenvalue weighted by Gasteiger charge is 2.16. The molecule has 0 aromatic heterocycles. The summed E-state index contributed by atoms with van der Waals surface area (Å²) in [6.45, 7) is 8.09. The number of alkyl carbamates (subject to hydrolysis) is 2. The highest BCUT2D eigenvalue weighted by atomic mass is 16.6. The van der Waals surface area contributed by atoms with Crippen molar-refractivity contribution in [1.29, 1.82) is 0 Å². The summed E-state index contributed by atoms with van der Waals surface area (Å²) in [5, 5.41) is 5.77. The summed E-state index contributed by atoms with van der Waals surface area (Å²) < 4.78 is 11.1. The average molecular weight is 667 g/mol. The van der Waals surface area contributed by atoms with Crippen molar-refractivity contribution in [2.24, 2.45) is 0 Å². The number of carbonyl (C=O) groups excluding carboxylic acids is 2. The van der Waals surface area contributed by atoms with Crippen molar-refractivity contribution in [2.45, 2.75) is 232 Å². The van der Waals surface area contributed by atoms with Gasteiger partial charge in [0.1, 0.15) is 12.7 Å². The second-order valence-electron chi connectivity index (χ2n) is 14.2. The fourth-order valence-corrected chi connectivity index (χ4v) is 6.23. The minimum atomic E-state index is -0.411. The van der Waals surface area contributed by atoms with Gasteiger partial charge in [-0.05, 0) is 25.7 Å². The van der Waals surface area contributed by atoms with Crippen molar-refractivity contribution in [3.63, 3.8) is 0 Å². The van der Waals surface area contributed by atoms with E-state index in [1.807, 2.05) is 0 Å². The molecule has 0 aliphatic heterocycles. The first-order valence-electron chi connectivity index (χ1n) is 21.0. The molecule has 0 rings (SSSR count). The first-order chi connectivity index (χ1) is 23.1. The molecule has 47 heavy (non-hydrogen) atoms. The summed E-state index contributed by atoms with van der Waals surface area (Å²) in [6, 6.07) is 0. The smallest absolute Gasteiger partial charge is 0.407 e. The largest absolute Gasteiger partial charge is 0.446 e. The summed E-state index contributed by atoms with van der Waals surface area (Å²) in [6.07, 6.45) is 39.6. The molecule has 0 saturated carbocycles. The van der Waals surface area contributed by atoms with E-state index in [9.17, 15) is 9.59 Å². The molecule has 0 bridgehead atoms. The zero-order valence-corrected chi connectivity index (χ0v) is 32.0. The van der Waals surface area contributed by atoms with Crippen LogP contribution in [0, 0.1) is 0 Å². The van der Waals surface area contributed by atoms with E-state index in [1.54, 1.807) is 0 Å². The molecule has 6 nitrogen and oxygen atoms in total. The molecule has 2 N–H and O–H groups in total. The van der Waals surface area contributed by atoms with Crippen molar-refractivity contribution in [2.75, 3.05) is 19.7 Å². The van der Waals surface area contributed by atoms with Crippen LogP contribution in [0.3, 0.4) is 0 Å². The minimum Gasteiger partial charge on any atom is -0.446 e. The van der Waals surface area contributed by atoms with Crippen molar-refractivity contribution >= 4 is 12.2 Å². The van der Waals surface area contributed by atoms with Crippen molar-refractivity contribution in [3.8, 4) is 0 Å². The molecular weight excluding hydrogens is 584 g/mol. The van der Waals surface area contributed by atoms with Crippen molar-refractivity contribution in [1.82, 2.24) is 10.6 Å². The number of rotatable bonds is 37. The van der Waals surface area contributed by atoms with Gasteiger partial charge in [0, 0.05) is 13.1 Å². The van der Waals surface area contributed by atoms with Crippen LogP contribution in [0.2, 0.25) is 0 Å². The second kappa shape index (κ2) is 39.0. The summed E-state index contributed by atoms with van der Waals surface area (Å²) >= 11 is 0. The van der Waals surface area contributed by atoms with Gasteiger partial charge in [-0.1, -0.05) is 201 Å². The third-order valence-corrected chi connectivity index (χ3v) is 9.40. The van der Waals surface area contributed by atoms with Crippen LogP contribution in [0.15, 0.2) is 0 Å². The average Bonchev–Trinajstić information content (AvgIpc) is 3.07. The van der Waals surface area contributed by atoms with E-state index in [2.05, 4.69) is 31.4 Å². The normalized spacial score (nSPS) is 11.8. The molecule has 1 atom stereocenters. The number of hydrogen-bond donors (Lipinski definition) is 2. The lowest BCUT2D eigenvalue weighted by atomic mass is 10.0. The highest BCUT2D eigenvalue weighted by Crippen LogP contribution is 2.14. The number of unbranched alkanes of at least 4 members (excludes halogenated alkanes) is 28. The van der Waals surface area contributed by atoms with Gasteiger partial charge in [-0.15, -0.1) is 0 Å². The van der Waals surface area contributed by atoms with Gasteiger partial charge in [0.05, 0.1) is 0 Å². The Morgan fingerprint density at radius 1 is 0.404 bits per heavy atom. The number of amides is 2. The molecule has 280 valence electrons. The quantitative estimate of drug-likeness (QED) is 0.0647. The van der Waals surface area contributed by atoms with E-state index in [0.717, 1.165) is 44.9 Å². The monoisotopic (exact) mass is 667 g/mol. The third-order valence-electron chi connectivity index (χ3n) is 9.40. The van der Waals surface area contributed by atoms with Gasteiger partial charge in [0.25, 0.3) is 0 Å². The zero-order chi connectivity index (χ0) is 34.3. The van der Waals surface area contributed by atoms with Gasteiger partial charge in [-0.2, -0.15) is 0 Å². The van der Waals surface area contributed by atoms with E-state index in [1.165, 1.54) is 154 Å². The Kier molecular flexibility index (Phi) is 37.8. The minimum absolute atomic E-state index is 0.112. The molecule has 0 aromatic carbocycles. The number of carbonyl (C=O) groups is 2. The van der Waals surface area contributed by atoms with E-state index < -0.39 is 18.3 Å². The van der Waals surface area contributed by atoms with Gasteiger partial charge in [-0.25, -0.2) is 9.59 Å². The molecule has 0 fully saturated rings. The van der Waals surface area contributed by atoms with Crippen LogP contribution in [-0.4, -0.2) is 38.0 Å². The van der Waals surface area contributed by atoms with E-state index >= 15 is 0 Å². The van der Waals surface area contributed by atoms with Crippen molar-refractivity contribution in [3.05, 3.63) is 0 Å². The fourth-order valence-electron chi connectivity index (χ4n) is 6.23. The van der Waals surface area contributed by atoms with Gasteiger partial charge in [-0.3, -0.25) is 0 Å². The molecule has 0 spiro atoms. The molecule has 0 aromatic rings. The molecule has 0 aliphatic rings. The Morgan fingerprint density at radius 3 is 1.06 bits per heavy atom. The molecule has 0 saturated heterocycles. The van der Waals surface area contributed by atoms with Crippen LogP contribution in [0.4, 0.5) is 9.59 Å². The zero-order valence-electron chi connectivity index (χ0n) is 32.0. The third kappa shape index (κ3) is 37.2. The Morgan fingerprint density at radius 2 is 0.702 bits per heavy atom. The van der Waals surface area contributed by atoms with E-state index in [4.69, 9.17) is 9.47 Å². The molecule has 0 aliphatic carbocycles. The standard InChI is InChI=1S/C41H82N2O4/c1-4-7-10-12-14-16-18-20-22-24-26-28-30-33-36-42-40(44)46-38-39(35-32-9-6-3)47-41(45)43-37-34-31-29-27-25-23-21-19-17-15-13-11-8-5-2/h39H,4-38H2,1-3H3,(H,42,44)(H,43,45). The Hall–Kier alpha value is -1.46. The van der Waals surface area contributed by atoms with Crippen LogP contribution in [-0.2, 0) is 9.47 Å². The Balaban J connectivity index is 3.76. The van der Waals surface area contributed by atoms with Crippen LogP contribution in [0.25, 0.3) is 0 Å². The van der Waals surface area contributed by atoms with Crippen LogP contribution in [0.1, 0.15) is 226 Å². The first kappa shape index (κ1) is 45.5. The predicted molar refractivity (Wildman–Crippen MR) is 202 cm³/mol. The van der Waals surface area contributed by atoms with Crippen molar-refractivity contribution < 1.29 is 19.1 Å². The topological polar surface area (TPSA) is 76.7 Å². The van der Waals surface area contributed by atoms with Gasteiger partial charge < -0.3 is 20.1 Å². The Bertz CT molecular complexity index is 645. The lowest BCUT2D eigenvalue weighted by Gasteiger charge is -2.18. The fraction of sp³-hybridized carbons (Fsp3) is 0.951. The van der Waals surface area contributed by atoms with Gasteiger partial charge >= 0.3 is 12.2 Å². The highest BCUT2D eigenvalue weighted by molar-refractivity contribution is 5.68. The summed E-state index contributed by atoms with van der Waals surface area (Å²) in [5.41, 5.74) is 0. The maximum absolute atomic E-state index is 12.4. The summed E-state index contributed by atoms with van der Waals surface area (Å²) in [4.78, 5) is 24.6. The summed E-state index contributed by atoms with van der Waals surface area (Å²) in [5.74, 6) is 0. The SMILES string of the molecule is CCCCCCCCCCCCCCCCNC(=O)OCC(CCCCC)OC(=O)NCCCCCCCCCCCCCCCC. The lowest BCUT2D eigenvalue weighted by Crippen LogP contribution is -2.34. The van der Waals surface area contributed by atoms with Crippen LogP contribution >= 0.6 is 0 Å². The van der Waals surface area contributed by atoms with Crippen LogP contribution < -0.4 is 10.6 Å². The molecule has 0 radical (unpaired) electrons. The number of ether oxygens (including phenoxy) is 2. The molecule has 2 amide bonds. The second-order valence-corrected chi connectivity index (χ2v) is 14.2. The Labute approximate surface area is 293 Å². The van der Waals surface area contributed by atoms with E-state index in [-0.39, 0.29) is 6.61 Å².